The Morgan fingerprint density at radius 2 is 2.38 bits per heavy atom. The SMILES string of the molecule is O=C(CN1CCCC1=O)N[C@@H]1COCC[C@H]1OCc1ccccn1. The molecule has 2 fully saturated rings. The quantitative estimate of drug-likeness (QED) is 0.820. The van der Waals surface area contributed by atoms with Crippen molar-refractivity contribution in [2.24, 2.45) is 0 Å². The van der Waals surface area contributed by atoms with Crippen LogP contribution in [0.25, 0.3) is 0 Å². The Labute approximate surface area is 141 Å². The highest BCUT2D eigenvalue weighted by Crippen LogP contribution is 2.14. The van der Waals surface area contributed by atoms with Crippen LogP contribution < -0.4 is 5.32 Å². The van der Waals surface area contributed by atoms with E-state index in [1.807, 2.05) is 18.2 Å². The summed E-state index contributed by atoms with van der Waals surface area (Å²) in [5.41, 5.74) is 0.858. The molecule has 0 aromatic carbocycles. The van der Waals surface area contributed by atoms with E-state index >= 15 is 0 Å². The van der Waals surface area contributed by atoms with Crippen LogP contribution in [0.15, 0.2) is 24.4 Å². The van der Waals surface area contributed by atoms with Crippen molar-refractivity contribution in [2.75, 3.05) is 26.3 Å². The van der Waals surface area contributed by atoms with Crippen molar-refractivity contribution in [3.05, 3.63) is 30.1 Å². The Hall–Kier alpha value is -1.99. The molecule has 0 saturated carbocycles. The molecule has 2 amide bonds. The van der Waals surface area contributed by atoms with Crippen LogP contribution in [0.1, 0.15) is 25.0 Å². The maximum Gasteiger partial charge on any atom is 0.240 e. The second-order valence-electron chi connectivity index (χ2n) is 6.13. The first kappa shape index (κ1) is 16.9. The molecule has 0 spiro atoms. The summed E-state index contributed by atoms with van der Waals surface area (Å²) in [4.78, 5) is 29.7. The molecule has 1 N–H and O–H groups in total. The van der Waals surface area contributed by atoms with Gasteiger partial charge in [0.05, 0.1) is 37.6 Å². The molecule has 3 heterocycles. The van der Waals surface area contributed by atoms with Crippen molar-refractivity contribution in [1.82, 2.24) is 15.2 Å². The number of carbonyl (C=O) groups excluding carboxylic acids is 2. The van der Waals surface area contributed by atoms with E-state index in [4.69, 9.17) is 9.47 Å². The molecule has 0 radical (unpaired) electrons. The summed E-state index contributed by atoms with van der Waals surface area (Å²) in [6, 6.07) is 5.49. The average molecular weight is 333 g/mol. The number of aromatic nitrogens is 1. The van der Waals surface area contributed by atoms with Gasteiger partial charge in [-0.05, 0) is 25.0 Å². The summed E-state index contributed by atoms with van der Waals surface area (Å²) in [7, 11) is 0. The van der Waals surface area contributed by atoms with Crippen LogP contribution in [0.4, 0.5) is 0 Å². The number of rotatable bonds is 6. The molecule has 130 valence electrons. The Morgan fingerprint density at radius 1 is 1.46 bits per heavy atom. The first-order chi connectivity index (χ1) is 11.7. The highest BCUT2D eigenvalue weighted by Gasteiger charge is 2.29. The Morgan fingerprint density at radius 3 is 3.12 bits per heavy atom. The number of pyridine rings is 1. The van der Waals surface area contributed by atoms with Gasteiger partial charge in [0.15, 0.2) is 0 Å². The lowest BCUT2D eigenvalue weighted by atomic mass is 10.1. The van der Waals surface area contributed by atoms with Gasteiger partial charge in [0.1, 0.15) is 0 Å². The van der Waals surface area contributed by atoms with Crippen molar-refractivity contribution in [3.8, 4) is 0 Å². The zero-order chi connectivity index (χ0) is 16.8. The van der Waals surface area contributed by atoms with E-state index < -0.39 is 0 Å². The standard InChI is InChI=1S/C17H23N3O4/c21-16(10-20-8-3-5-17(20)22)19-14-12-23-9-6-15(14)24-11-13-4-1-2-7-18-13/h1-2,4,7,14-15H,3,5-6,8-12H2,(H,19,21)/t14-,15-/m1/s1. The first-order valence-electron chi connectivity index (χ1n) is 8.39. The van der Waals surface area contributed by atoms with E-state index in [2.05, 4.69) is 10.3 Å². The maximum atomic E-state index is 12.2. The number of likely N-dealkylation sites (tertiary alicyclic amines) is 1. The number of hydrogen-bond acceptors (Lipinski definition) is 5. The number of ether oxygens (including phenoxy) is 2. The van der Waals surface area contributed by atoms with E-state index in [0.29, 0.717) is 32.8 Å². The molecule has 2 aliphatic rings. The minimum absolute atomic E-state index is 0.0491. The summed E-state index contributed by atoms with van der Waals surface area (Å²) < 4.78 is 11.4. The van der Waals surface area contributed by atoms with Gasteiger partial charge in [-0.1, -0.05) is 6.07 Å². The molecule has 0 aliphatic carbocycles. The Balaban J connectivity index is 1.50. The summed E-state index contributed by atoms with van der Waals surface area (Å²) >= 11 is 0. The molecular formula is C17H23N3O4. The minimum Gasteiger partial charge on any atom is -0.379 e. The number of carbonyl (C=O) groups is 2. The third-order valence-electron chi connectivity index (χ3n) is 4.32. The van der Waals surface area contributed by atoms with Crippen LogP contribution in [0.5, 0.6) is 0 Å². The second kappa shape index (κ2) is 8.21. The van der Waals surface area contributed by atoms with E-state index in [1.54, 1.807) is 11.1 Å². The van der Waals surface area contributed by atoms with E-state index in [0.717, 1.165) is 18.5 Å². The number of amides is 2. The van der Waals surface area contributed by atoms with E-state index in [-0.39, 0.29) is 30.5 Å². The molecule has 7 heteroatoms. The van der Waals surface area contributed by atoms with Crippen LogP contribution in [-0.2, 0) is 25.7 Å². The predicted octanol–water partition coefficient (Wildman–Crippen LogP) is 0.494. The van der Waals surface area contributed by atoms with Crippen molar-refractivity contribution < 1.29 is 19.1 Å². The van der Waals surface area contributed by atoms with Crippen molar-refractivity contribution in [3.63, 3.8) is 0 Å². The summed E-state index contributed by atoms with van der Waals surface area (Å²) in [6.07, 6.45) is 3.71. The van der Waals surface area contributed by atoms with Crippen LogP contribution in [0.2, 0.25) is 0 Å². The third-order valence-corrected chi connectivity index (χ3v) is 4.32. The zero-order valence-corrected chi connectivity index (χ0v) is 13.6. The molecule has 2 atom stereocenters. The fourth-order valence-electron chi connectivity index (χ4n) is 3.03. The lowest BCUT2D eigenvalue weighted by Crippen LogP contribution is -2.52. The van der Waals surface area contributed by atoms with Gasteiger partial charge in [0.2, 0.25) is 11.8 Å². The van der Waals surface area contributed by atoms with Gasteiger partial charge in [0.25, 0.3) is 0 Å². The van der Waals surface area contributed by atoms with Gasteiger partial charge in [-0.3, -0.25) is 14.6 Å². The fourth-order valence-corrected chi connectivity index (χ4v) is 3.03. The average Bonchev–Trinajstić information content (AvgIpc) is 3.00. The normalized spacial score (nSPS) is 24.2. The molecule has 7 nitrogen and oxygen atoms in total. The highest BCUT2D eigenvalue weighted by molar-refractivity contribution is 5.86. The molecule has 2 aliphatic heterocycles. The molecule has 0 bridgehead atoms. The summed E-state index contributed by atoms with van der Waals surface area (Å²) in [5, 5.41) is 2.95. The molecule has 2 saturated heterocycles. The largest absolute Gasteiger partial charge is 0.379 e. The maximum absolute atomic E-state index is 12.2. The highest BCUT2D eigenvalue weighted by atomic mass is 16.5. The third kappa shape index (κ3) is 4.52. The Bertz CT molecular complexity index is 566. The first-order valence-corrected chi connectivity index (χ1v) is 8.39. The fraction of sp³-hybridized carbons (Fsp3) is 0.588. The zero-order valence-electron chi connectivity index (χ0n) is 13.6. The topological polar surface area (TPSA) is 80.8 Å². The van der Waals surface area contributed by atoms with Crippen LogP contribution in [0, 0.1) is 0 Å². The lowest BCUT2D eigenvalue weighted by Gasteiger charge is -2.32. The van der Waals surface area contributed by atoms with Gasteiger partial charge in [0, 0.05) is 25.8 Å². The van der Waals surface area contributed by atoms with Crippen LogP contribution in [0.3, 0.4) is 0 Å². The number of hydrogen-bond donors (Lipinski definition) is 1. The van der Waals surface area contributed by atoms with Crippen LogP contribution >= 0.6 is 0 Å². The molecule has 1 aromatic rings. The van der Waals surface area contributed by atoms with E-state index in [1.165, 1.54) is 0 Å². The van der Waals surface area contributed by atoms with Crippen molar-refractivity contribution in [1.29, 1.82) is 0 Å². The molecular weight excluding hydrogens is 310 g/mol. The smallest absolute Gasteiger partial charge is 0.240 e. The predicted molar refractivity (Wildman–Crippen MR) is 86.0 cm³/mol. The summed E-state index contributed by atoms with van der Waals surface area (Å²) in [6.45, 7) is 2.22. The van der Waals surface area contributed by atoms with E-state index in [9.17, 15) is 9.59 Å². The van der Waals surface area contributed by atoms with Gasteiger partial charge < -0.3 is 19.7 Å². The van der Waals surface area contributed by atoms with Gasteiger partial charge in [-0.15, -0.1) is 0 Å². The monoisotopic (exact) mass is 333 g/mol. The van der Waals surface area contributed by atoms with Gasteiger partial charge in [-0.2, -0.15) is 0 Å². The number of nitrogens with one attached hydrogen (secondary N) is 1. The van der Waals surface area contributed by atoms with Crippen molar-refractivity contribution >= 4 is 11.8 Å². The van der Waals surface area contributed by atoms with Crippen LogP contribution in [-0.4, -0.2) is 60.1 Å². The minimum atomic E-state index is -0.201. The molecule has 1 aromatic heterocycles. The van der Waals surface area contributed by atoms with Gasteiger partial charge in [-0.25, -0.2) is 0 Å². The number of nitrogens with zero attached hydrogens (tertiary/aromatic N) is 2. The van der Waals surface area contributed by atoms with Crippen molar-refractivity contribution in [2.45, 2.75) is 38.0 Å². The molecule has 3 rings (SSSR count). The summed E-state index contributed by atoms with van der Waals surface area (Å²) in [5.74, 6) is -0.111. The lowest BCUT2D eigenvalue weighted by molar-refractivity contribution is -0.135. The van der Waals surface area contributed by atoms with Gasteiger partial charge >= 0.3 is 0 Å². The molecule has 24 heavy (non-hydrogen) atoms. The molecule has 0 unspecified atom stereocenters. The second-order valence-corrected chi connectivity index (χ2v) is 6.13. The Kier molecular flexibility index (Phi) is 5.77.